The normalized spacial score (nSPS) is 16.3. The summed E-state index contributed by atoms with van der Waals surface area (Å²) in [6.07, 6.45) is -0.509. The van der Waals surface area contributed by atoms with Gasteiger partial charge in [0.15, 0.2) is 0 Å². The summed E-state index contributed by atoms with van der Waals surface area (Å²) in [7, 11) is 0. The van der Waals surface area contributed by atoms with Crippen molar-refractivity contribution in [1.29, 1.82) is 0 Å². The van der Waals surface area contributed by atoms with Gasteiger partial charge in [-0.3, -0.25) is 4.79 Å². The molecule has 1 heterocycles. The number of ether oxygens (including phenoxy) is 1. The second-order valence-electron chi connectivity index (χ2n) is 4.51. The van der Waals surface area contributed by atoms with Crippen molar-refractivity contribution in [2.75, 3.05) is 18.9 Å². The SMILES string of the molecule is C[C@@H](CSCc1ccccc1)C(=O)N1CCOC1=O. The van der Waals surface area contributed by atoms with Gasteiger partial charge in [0.1, 0.15) is 6.61 Å². The summed E-state index contributed by atoms with van der Waals surface area (Å²) in [5.74, 6) is 1.28. The van der Waals surface area contributed by atoms with Crippen LogP contribution in [0.5, 0.6) is 0 Å². The number of benzene rings is 1. The number of rotatable bonds is 5. The molecule has 0 unspecified atom stereocenters. The van der Waals surface area contributed by atoms with Gasteiger partial charge in [-0.15, -0.1) is 0 Å². The van der Waals surface area contributed by atoms with Gasteiger partial charge in [0.2, 0.25) is 5.91 Å². The van der Waals surface area contributed by atoms with Gasteiger partial charge in [-0.1, -0.05) is 37.3 Å². The summed E-state index contributed by atoms with van der Waals surface area (Å²) in [4.78, 5) is 24.5. The first-order valence-electron chi connectivity index (χ1n) is 6.28. The molecule has 1 aromatic rings. The number of nitrogens with zero attached hydrogens (tertiary/aromatic N) is 1. The lowest BCUT2D eigenvalue weighted by atomic mass is 10.2. The van der Waals surface area contributed by atoms with Gasteiger partial charge in [0, 0.05) is 17.4 Å². The van der Waals surface area contributed by atoms with Gasteiger partial charge in [-0.2, -0.15) is 11.8 Å². The molecule has 0 bridgehead atoms. The molecule has 102 valence electrons. The molecule has 1 saturated heterocycles. The lowest BCUT2D eigenvalue weighted by molar-refractivity contribution is -0.130. The third kappa shape index (κ3) is 3.73. The van der Waals surface area contributed by atoms with Crippen LogP contribution in [0.2, 0.25) is 0 Å². The zero-order chi connectivity index (χ0) is 13.7. The van der Waals surface area contributed by atoms with Gasteiger partial charge in [0.25, 0.3) is 0 Å². The number of amides is 2. The molecule has 0 N–H and O–H groups in total. The molecule has 1 aliphatic heterocycles. The van der Waals surface area contributed by atoms with Crippen molar-refractivity contribution in [3.63, 3.8) is 0 Å². The molecule has 1 atom stereocenters. The summed E-state index contributed by atoms with van der Waals surface area (Å²) in [5.41, 5.74) is 1.24. The van der Waals surface area contributed by atoms with Crippen LogP contribution in [0.1, 0.15) is 12.5 Å². The molecule has 4 nitrogen and oxygen atoms in total. The molecule has 2 rings (SSSR count). The highest BCUT2D eigenvalue weighted by Crippen LogP contribution is 2.18. The van der Waals surface area contributed by atoms with E-state index in [1.54, 1.807) is 11.8 Å². The van der Waals surface area contributed by atoms with E-state index in [4.69, 9.17) is 4.74 Å². The lowest BCUT2D eigenvalue weighted by Gasteiger charge is -2.16. The number of carbonyl (C=O) groups is 2. The highest BCUT2D eigenvalue weighted by atomic mass is 32.2. The Labute approximate surface area is 117 Å². The topological polar surface area (TPSA) is 46.6 Å². The first-order valence-corrected chi connectivity index (χ1v) is 7.44. The van der Waals surface area contributed by atoms with Crippen molar-refractivity contribution < 1.29 is 14.3 Å². The number of imide groups is 1. The van der Waals surface area contributed by atoms with Crippen LogP contribution in [0.3, 0.4) is 0 Å². The molecule has 0 radical (unpaired) electrons. The number of thioether (sulfide) groups is 1. The van der Waals surface area contributed by atoms with Gasteiger partial charge < -0.3 is 4.74 Å². The fraction of sp³-hybridized carbons (Fsp3) is 0.429. The molecule has 1 fully saturated rings. The second-order valence-corrected chi connectivity index (χ2v) is 5.54. The summed E-state index contributed by atoms with van der Waals surface area (Å²) in [6, 6.07) is 10.1. The number of hydrogen-bond acceptors (Lipinski definition) is 4. The average Bonchev–Trinajstić information content (AvgIpc) is 2.85. The maximum atomic E-state index is 12.0. The van der Waals surface area contributed by atoms with E-state index in [1.807, 2.05) is 25.1 Å². The standard InChI is InChI=1S/C14H17NO3S/c1-11(13(16)15-7-8-18-14(15)17)9-19-10-12-5-3-2-4-6-12/h2-6,11H,7-10H2,1H3/t11-/m0/s1. The van der Waals surface area contributed by atoms with Crippen LogP contribution in [-0.2, 0) is 15.3 Å². The van der Waals surface area contributed by atoms with E-state index in [9.17, 15) is 9.59 Å². The summed E-state index contributed by atoms with van der Waals surface area (Å²) in [5, 5.41) is 0. The Kier molecular flexibility index (Phi) is 4.85. The Morgan fingerprint density at radius 1 is 1.42 bits per heavy atom. The third-order valence-corrected chi connectivity index (χ3v) is 4.20. The Hall–Kier alpha value is -1.49. The lowest BCUT2D eigenvalue weighted by Crippen LogP contribution is -2.36. The van der Waals surface area contributed by atoms with E-state index in [0.717, 1.165) is 5.75 Å². The van der Waals surface area contributed by atoms with E-state index in [2.05, 4.69) is 12.1 Å². The van der Waals surface area contributed by atoms with E-state index in [-0.39, 0.29) is 11.8 Å². The molecule has 1 aromatic carbocycles. The van der Waals surface area contributed by atoms with Gasteiger partial charge >= 0.3 is 6.09 Å². The van der Waals surface area contributed by atoms with Crippen molar-refractivity contribution in [1.82, 2.24) is 4.90 Å². The highest BCUT2D eigenvalue weighted by Gasteiger charge is 2.31. The maximum absolute atomic E-state index is 12.0. The average molecular weight is 279 g/mol. The van der Waals surface area contributed by atoms with Crippen molar-refractivity contribution in [3.8, 4) is 0 Å². The number of cyclic esters (lactones) is 1. The Bertz CT molecular complexity index is 449. The monoisotopic (exact) mass is 279 g/mol. The molecule has 0 saturated carbocycles. The van der Waals surface area contributed by atoms with Crippen LogP contribution in [-0.4, -0.2) is 35.8 Å². The van der Waals surface area contributed by atoms with E-state index < -0.39 is 6.09 Å². The molecule has 5 heteroatoms. The minimum absolute atomic E-state index is 0.136. The van der Waals surface area contributed by atoms with Crippen LogP contribution in [0, 0.1) is 5.92 Å². The van der Waals surface area contributed by atoms with Crippen LogP contribution in [0.15, 0.2) is 30.3 Å². The van der Waals surface area contributed by atoms with Crippen molar-refractivity contribution in [2.24, 2.45) is 5.92 Å². The van der Waals surface area contributed by atoms with Crippen LogP contribution in [0.4, 0.5) is 4.79 Å². The largest absolute Gasteiger partial charge is 0.447 e. The predicted octanol–water partition coefficient (Wildman–Crippen LogP) is 2.53. The van der Waals surface area contributed by atoms with Crippen molar-refractivity contribution >= 4 is 23.8 Å². The van der Waals surface area contributed by atoms with Gasteiger partial charge in [-0.25, -0.2) is 9.69 Å². The molecule has 0 aromatic heterocycles. The molecular weight excluding hydrogens is 262 g/mol. The summed E-state index contributed by atoms with van der Waals surface area (Å²) >= 11 is 1.70. The van der Waals surface area contributed by atoms with Gasteiger partial charge in [-0.05, 0) is 5.56 Å². The fourth-order valence-corrected chi connectivity index (χ4v) is 2.90. The van der Waals surface area contributed by atoms with E-state index in [0.29, 0.717) is 18.9 Å². The van der Waals surface area contributed by atoms with Crippen molar-refractivity contribution in [3.05, 3.63) is 35.9 Å². The maximum Gasteiger partial charge on any atom is 0.416 e. The van der Waals surface area contributed by atoms with Gasteiger partial charge in [0.05, 0.1) is 6.54 Å². The first-order chi connectivity index (χ1) is 9.18. The van der Waals surface area contributed by atoms with E-state index in [1.165, 1.54) is 10.5 Å². The first kappa shape index (κ1) is 13.9. The molecule has 19 heavy (non-hydrogen) atoms. The Morgan fingerprint density at radius 2 is 2.16 bits per heavy atom. The number of hydrogen-bond donors (Lipinski definition) is 0. The summed E-state index contributed by atoms with van der Waals surface area (Å²) < 4.78 is 4.77. The van der Waals surface area contributed by atoms with Crippen LogP contribution >= 0.6 is 11.8 Å². The van der Waals surface area contributed by atoms with Crippen LogP contribution in [0.25, 0.3) is 0 Å². The molecular formula is C14H17NO3S. The summed E-state index contributed by atoms with van der Waals surface area (Å²) in [6.45, 7) is 2.55. The quantitative estimate of drug-likeness (QED) is 0.831. The fourth-order valence-electron chi connectivity index (χ4n) is 1.86. The Morgan fingerprint density at radius 3 is 2.79 bits per heavy atom. The van der Waals surface area contributed by atoms with E-state index >= 15 is 0 Å². The second kappa shape index (κ2) is 6.61. The molecule has 0 aliphatic carbocycles. The smallest absolute Gasteiger partial charge is 0.416 e. The zero-order valence-electron chi connectivity index (χ0n) is 10.9. The van der Waals surface area contributed by atoms with Crippen molar-refractivity contribution in [2.45, 2.75) is 12.7 Å². The molecule has 2 amide bonds. The third-order valence-electron chi connectivity index (χ3n) is 2.93. The minimum Gasteiger partial charge on any atom is -0.447 e. The highest BCUT2D eigenvalue weighted by molar-refractivity contribution is 7.98. The number of carbonyl (C=O) groups excluding carboxylic acids is 2. The van der Waals surface area contributed by atoms with Crippen LogP contribution < -0.4 is 0 Å². The zero-order valence-corrected chi connectivity index (χ0v) is 11.7. The Balaban J connectivity index is 1.76. The predicted molar refractivity (Wildman–Crippen MR) is 74.8 cm³/mol. The minimum atomic E-state index is -0.509. The molecule has 0 spiro atoms. The molecule has 1 aliphatic rings.